The zero-order valence-corrected chi connectivity index (χ0v) is 12.1. The van der Waals surface area contributed by atoms with Gasteiger partial charge in [0.1, 0.15) is 17.1 Å². The van der Waals surface area contributed by atoms with Gasteiger partial charge in [0.2, 0.25) is 0 Å². The molecule has 0 atom stereocenters. The first-order valence-electron chi connectivity index (χ1n) is 6.31. The van der Waals surface area contributed by atoms with Crippen LogP contribution in [0.5, 0.6) is 5.75 Å². The maximum Gasteiger partial charge on any atom is 0.524 e. The van der Waals surface area contributed by atoms with Crippen LogP contribution in [0.4, 0.5) is 0 Å². The van der Waals surface area contributed by atoms with E-state index in [0.717, 1.165) is 5.56 Å². The molecule has 2 aromatic carbocycles. The van der Waals surface area contributed by atoms with E-state index in [1.165, 1.54) is 24.3 Å². The molecule has 6 nitrogen and oxygen atoms in total. The molecule has 1 aromatic heterocycles. The highest BCUT2D eigenvalue weighted by atomic mass is 31.2. The molecule has 0 radical (unpaired) electrons. The van der Waals surface area contributed by atoms with Crippen molar-refractivity contribution in [3.05, 3.63) is 64.8 Å². The van der Waals surface area contributed by atoms with Crippen molar-refractivity contribution in [1.29, 1.82) is 0 Å². The van der Waals surface area contributed by atoms with E-state index in [4.69, 9.17) is 14.2 Å². The molecule has 0 amide bonds. The van der Waals surface area contributed by atoms with Crippen molar-refractivity contribution in [3.63, 3.8) is 0 Å². The van der Waals surface area contributed by atoms with Gasteiger partial charge in [0.25, 0.3) is 0 Å². The van der Waals surface area contributed by atoms with Crippen LogP contribution in [0.3, 0.4) is 0 Å². The van der Waals surface area contributed by atoms with Crippen molar-refractivity contribution < 1.29 is 23.3 Å². The van der Waals surface area contributed by atoms with Crippen LogP contribution in [-0.2, 0) is 4.57 Å². The minimum atomic E-state index is -4.67. The van der Waals surface area contributed by atoms with Crippen LogP contribution in [0.1, 0.15) is 0 Å². The van der Waals surface area contributed by atoms with Gasteiger partial charge in [-0.2, -0.15) is 0 Å². The molecular formula is C15H11O6P. The molecule has 0 aliphatic rings. The second-order valence-electron chi connectivity index (χ2n) is 4.58. The van der Waals surface area contributed by atoms with E-state index in [9.17, 15) is 9.36 Å². The number of hydrogen-bond donors (Lipinski definition) is 2. The molecular weight excluding hydrogens is 307 g/mol. The van der Waals surface area contributed by atoms with E-state index in [1.54, 1.807) is 0 Å². The van der Waals surface area contributed by atoms with Crippen molar-refractivity contribution in [2.24, 2.45) is 0 Å². The lowest BCUT2D eigenvalue weighted by Gasteiger charge is -2.08. The van der Waals surface area contributed by atoms with Gasteiger partial charge >= 0.3 is 7.82 Å². The van der Waals surface area contributed by atoms with Gasteiger partial charge in [-0.25, -0.2) is 4.57 Å². The average molecular weight is 318 g/mol. The van der Waals surface area contributed by atoms with Crippen molar-refractivity contribution in [2.75, 3.05) is 0 Å². The van der Waals surface area contributed by atoms with Gasteiger partial charge in [0.05, 0.1) is 5.39 Å². The van der Waals surface area contributed by atoms with Crippen molar-refractivity contribution in [3.8, 4) is 17.1 Å². The van der Waals surface area contributed by atoms with Crippen LogP contribution in [0, 0.1) is 0 Å². The fourth-order valence-corrected chi connectivity index (χ4v) is 2.46. The lowest BCUT2D eigenvalue weighted by molar-refractivity contribution is 0.283. The van der Waals surface area contributed by atoms with Crippen LogP contribution in [-0.4, -0.2) is 9.79 Å². The summed E-state index contributed by atoms with van der Waals surface area (Å²) in [7, 11) is -4.67. The summed E-state index contributed by atoms with van der Waals surface area (Å²) in [4.78, 5) is 29.8. The van der Waals surface area contributed by atoms with Gasteiger partial charge in [0.15, 0.2) is 5.43 Å². The second-order valence-corrected chi connectivity index (χ2v) is 5.74. The summed E-state index contributed by atoms with van der Waals surface area (Å²) in [6.07, 6.45) is 0. The van der Waals surface area contributed by atoms with E-state index >= 15 is 0 Å². The molecule has 3 rings (SSSR count). The maximum absolute atomic E-state index is 12.2. The quantitative estimate of drug-likeness (QED) is 0.721. The first-order valence-corrected chi connectivity index (χ1v) is 7.84. The summed E-state index contributed by atoms with van der Waals surface area (Å²) < 4.78 is 21.0. The first kappa shape index (κ1) is 14.5. The molecule has 0 bridgehead atoms. The summed E-state index contributed by atoms with van der Waals surface area (Å²) in [6.45, 7) is 0. The highest BCUT2D eigenvalue weighted by molar-refractivity contribution is 7.46. The molecule has 7 heteroatoms. The molecule has 0 saturated carbocycles. The Labute approximate surface area is 124 Å². The van der Waals surface area contributed by atoms with Crippen LogP contribution in [0.2, 0.25) is 0 Å². The van der Waals surface area contributed by atoms with Gasteiger partial charge in [-0.05, 0) is 18.2 Å². The molecule has 2 N–H and O–H groups in total. The van der Waals surface area contributed by atoms with Crippen LogP contribution < -0.4 is 9.95 Å². The molecule has 112 valence electrons. The summed E-state index contributed by atoms with van der Waals surface area (Å²) in [6, 6.07) is 14.5. The second kappa shape index (κ2) is 5.42. The molecule has 0 aliphatic carbocycles. The number of phosphoric ester groups is 1. The molecule has 3 aromatic rings. The molecule has 0 unspecified atom stereocenters. The van der Waals surface area contributed by atoms with E-state index in [1.807, 2.05) is 30.3 Å². The Morgan fingerprint density at radius 3 is 2.41 bits per heavy atom. The average Bonchev–Trinajstić information content (AvgIpc) is 2.47. The predicted molar refractivity (Wildman–Crippen MR) is 80.6 cm³/mol. The van der Waals surface area contributed by atoms with Crippen LogP contribution in [0.15, 0.2) is 63.8 Å². The SMILES string of the molecule is O=c1cc(-c2ccccc2)oc2ccc(OP(=O)(O)O)cc12. The monoisotopic (exact) mass is 318 g/mol. The molecule has 0 aliphatic heterocycles. The third kappa shape index (κ3) is 3.09. The van der Waals surface area contributed by atoms with Crippen LogP contribution >= 0.6 is 7.82 Å². The first-order chi connectivity index (χ1) is 10.4. The van der Waals surface area contributed by atoms with E-state index in [-0.39, 0.29) is 16.6 Å². The number of fused-ring (bicyclic) bond motifs is 1. The molecule has 0 fully saturated rings. The lowest BCUT2D eigenvalue weighted by Crippen LogP contribution is -2.01. The molecule has 0 saturated heterocycles. The van der Waals surface area contributed by atoms with Gasteiger partial charge in [0, 0.05) is 11.6 Å². The summed E-state index contributed by atoms with van der Waals surface area (Å²) in [5.41, 5.74) is 0.748. The number of hydrogen-bond acceptors (Lipinski definition) is 4. The zero-order chi connectivity index (χ0) is 15.7. The molecule has 22 heavy (non-hydrogen) atoms. The zero-order valence-electron chi connectivity index (χ0n) is 11.2. The van der Waals surface area contributed by atoms with E-state index < -0.39 is 7.82 Å². The summed E-state index contributed by atoms with van der Waals surface area (Å²) in [5, 5.41) is 0.186. The summed E-state index contributed by atoms with van der Waals surface area (Å²) in [5.74, 6) is 0.322. The van der Waals surface area contributed by atoms with Gasteiger partial charge in [-0.15, -0.1) is 0 Å². The van der Waals surface area contributed by atoms with E-state index in [2.05, 4.69) is 4.52 Å². The van der Waals surface area contributed by atoms with Crippen molar-refractivity contribution in [1.82, 2.24) is 0 Å². The standard InChI is InChI=1S/C15H11O6P/c16-13-9-15(10-4-2-1-3-5-10)20-14-7-6-11(8-12(13)14)21-22(17,18)19/h1-9H,(H2,17,18,19). The van der Waals surface area contributed by atoms with Gasteiger partial charge in [-0.3, -0.25) is 14.6 Å². The highest BCUT2D eigenvalue weighted by Gasteiger charge is 2.17. The molecule has 1 heterocycles. The Hall–Kier alpha value is -2.40. The largest absolute Gasteiger partial charge is 0.524 e. The van der Waals surface area contributed by atoms with Crippen molar-refractivity contribution >= 4 is 18.8 Å². The smallest absolute Gasteiger partial charge is 0.456 e. The van der Waals surface area contributed by atoms with Crippen LogP contribution in [0.25, 0.3) is 22.3 Å². The number of phosphoric acid groups is 1. The summed E-state index contributed by atoms with van der Waals surface area (Å²) >= 11 is 0. The third-order valence-corrected chi connectivity index (χ3v) is 3.43. The number of rotatable bonds is 3. The third-order valence-electron chi connectivity index (χ3n) is 2.98. The highest BCUT2D eigenvalue weighted by Crippen LogP contribution is 2.38. The molecule has 0 spiro atoms. The Balaban J connectivity index is 2.11. The topological polar surface area (TPSA) is 97.0 Å². The Morgan fingerprint density at radius 1 is 1.00 bits per heavy atom. The Bertz CT molecular complexity index is 926. The number of benzene rings is 2. The predicted octanol–water partition coefficient (Wildman–Crippen LogP) is 2.93. The fraction of sp³-hybridized carbons (Fsp3) is 0. The minimum absolute atomic E-state index is 0.0967. The Kier molecular flexibility index (Phi) is 3.58. The normalized spacial score (nSPS) is 11.5. The van der Waals surface area contributed by atoms with E-state index in [0.29, 0.717) is 11.3 Å². The Morgan fingerprint density at radius 2 is 1.73 bits per heavy atom. The van der Waals surface area contributed by atoms with Gasteiger partial charge in [-0.1, -0.05) is 30.3 Å². The minimum Gasteiger partial charge on any atom is -0.456 e. The maximum atomic E-state index is 12.2. The fourth-order valence-electron chi connectivity index (χ4n) is 2.07. The lowest BCUT2D eigenvalue weighted by atomic mass is 10.1. The van der Waals surface area contributed by atoms with Crippen molar-refractivity contribution in [2.45, 2.75) is 0 Å². The van der Waals surface area contributed by atoms with Gasteiger partial charge < -0.3 is 8.94 Å².